The van der Waals surface area contributed by atoms with Gasteiger partial charge in [-0.25, -0.2) is 4.98 Å². The first-order valence-electron chi connectivity index (χ1n) is 7.02. The average Bonchev–Trinajstić information content (AvgIpc) is 2.52. The van der Waals surface area contributed by atoms with Crippen LogP contribution < -0.4 is 10.6 Å². The first kappa shape index (κ1) is 15.0. The monoisotopic (exact) mass is 284 g/mol. The van der Waals surface area contributed by atoms with Gasteiger partial charge in [0, 0.05) is 25.5 Å². The summed E-state index contributed by atoms with van der Waals surface area (Å²) in [4.78, 5) is 20.1. The Kier molecular flexibility index (Phi) is 5.26. The zero-order chi connectivity index (χ0) is 15.1. The number of anilines is 1. The fourth-order valence-electron chi connectivity index (χ4n) is 1.73. The van der Waals surface area contributed by atoms with E-state index in [2.05, 4.69) is 34.4 Å². The topological polar surface area (TPSA) is 66.9 Å². The summed E-state index contributed by atoms with van der Waals surface area (Å²) < 4.78 is 0. The summed E-state index contributed by atoms with van der Waals surface area (Å²) in [6.45, 7) is 5.44. The number of nitrogens with one attached hydrogen (secondary N) is 2. The first-order valence-corrected chi connectivity index (χ1v) is 7.02. The lowest BCUT2D eigenvalue weighted by Gasteiger charge is -2.08. The largest absolute Gasteiger partial charge is 0.380 e. The van der Waals surface area contributed by atoms with E-state index in [-0.39, 0.29) is 5.91 Å². The smallest absolute Gasteiger partial charge is 0.269 e. The van der Waals surface area contributed by atoms with E-state index in [0.717, 1.165) is 11.3 Å². The van der Waals surface area contributed by atoms with Gasteiger partial charge in [0.05, 0.1) is 11.9 Å². The van der Waals surface area contributed by atoms with Crippen LogP contribution in [-0.4, -0.2) is 22.4 Å². The van der Waals surface area contributed by atoms with Crippen LogP contribution in [-0.2, 0) is 6.54 Å². The molecule has 0 radical (unpaired) electrons. The number of amides is 1. The van der Waals surface area contributed by atoms with Crippen LogP contribution in [0.15, 0.2) is 42.9 Å². The minimum atomic E-state index is -0.137. The molecule has 0 fully saturated rings. The highest BCUT2D eigenvalue weighted by Crippen LogP contribution is 2.08. The van der Waals surface area contributed by atoms with Crippen molar-refractivity contribution in [3.8, 4) is 0 Å². The zero-order valence-electron chi connectivity index (χ0n) is 12.3. The summed E-state index contributed by atoms with van der Waals surface area (Å²) in [6.07, 6.45) is 5.23. The third kappa shape index (κ3) is 4.87. The molecule has 2 aromatic rings. The Bertz CT molecular complexity index is 567. The van der Waals surface area contributed by atoms with Gasteiger partial charge in [-0.3, -0.25) is 9.78 Å². The maximum absolute atomic E-state index is 11.8. The van der Waals surface area contributed by atoms with E-state index in [9.17, 15) is 4.79 Å². The number of carbonyl (C=O) groups is 1. The van der Waals surface area contributed by atoms with Crippen molar-refractivity contribution in [3.63, 3.8) is 0 Å². The lowest BCUT2D eigenvalue weighted by molar-refractivity contribution is 0.0944. The number of rotatable bonds is 6. The predicted molar refractivity (Wildman–Crippen MR) is 83.0 cm³/mol. The Hall–Kier alpha value is -2.43. The van der Waals surface area contributed by atoms with Crippen molar-refractivity contribution in [2.75, 3.05) is 11.9 Å². The van der Waals surface area contributed by atoms with Crippen molar-refractivity contribution in [3.05, 3.63) is 54.1 Å². The number of hydrogen-bond acceptors (Lipinski definition) is 4. The third-order valence-corrected chi connectivity index (χ3v) is 2.89. The molecule has 0 saturated heterocycles. The van der Waals surface area contributed by atoms with Crippen molar-refractivity contribution in [2.45, 2.75) is 20.4 Å². The molecule has 21 heavy (non-hydrogen) atoms. The maximum Gasteiger partial charge on any atom is 0.269 e. The molecule has 0 aromatic carbocycles. The summed E-state index contributed by atoms with van der Waals surface area (Å²) in [5, 5.41) is 6.09. The normalized spacial score (nSPS) is 10.4. The standard InChI is InChI=1S/C16H20N4O/c1-12(2)8-20-16(21)15-6-5-14(11-19-15)18-10-13-4-3-7-17-9-13/h3-7,9,11-12,18H,8,10H2,1-2H3,(H,20,21). The van der Waals surface area contributed by atoms with Gasteiger partial charge < -0.3 is 10.6 Å². The minimum absolute atomic E-state index is 0.137. The van der Waals surface area contributed by atoms with Gasteiger partial charge in [-0.2, -0.15) is 0 Å². The summed E-state index contributed by atoms with van der Waals surface area (Å²) >= 11 is 0. The first-order chi connectivity index (χ1) is 10.1. The number of pyridine rings is 2. The summed E-state index contributed by atoms with van der Waals surface area (Å²) in [5.41, 5.74) is 2.40. The number of carbonyl (C=O) groups excluding carboxylic acids is 1. The molecule has 5 nitrogen and oxygen atoms in total. The second kappa shape index (κ2) is 7.38. The van der Waals surface area contributed by atoms with Crippen molar-refractivity contribution < 1.29 is 4.79 Å². The molecule has 0 aliphatic heterocycles. The third-order valence-electron chi connectivity index (χ3n) is 2.89. The molecule has 2 rings (SSSR count). The number of hydrogen-bond donors (Lipinski definition) is 2. The van der Waals surface area contributed by atoms with Gasteiger partial charge >= 0.3 is 0 Å². The van der Waals surface area contributed by atoms with Crippen molar-refractivity contribution >= 4 is 11.6 Å². The van der Waals surface area contributed by atoms with E-state index in [4.69, 9.17) is 0 Å². The van der Waals surface area contributed by atoms with Gasteiger partial charge in [-0.05, 0) is 29.7 Å². The van der Waals surface area contributed by atoms with Gasteiger partial charge in [0.15, 0.2) is 0 Å². The predicted octanol–water partition coefficient (Wildman–Crippen LogP) is 2.47. The Labute approximate surface area is 124 Å². The zero-order valence-corrected chi connectivity index (χ0v) is 12.3. The van der Waals surface area contributed by atoms with Crippen molar-refractivity contribution in [2.24, 2.45) is 5.92 Å². The van der Waals surface area contributed by atoms with Crippen LogP contribution in [0.1, 0.15) is 29.9 Å². The number of aromatic nitrogens is 2. The highest BCUT2D eigenvalue weighted by atomic mass is 16.1. The van der Waals surface area contributed by atoms with Crippen LogP contribution in [0.25, 0.3) is 0 Å². The lowest BCUT2D eigenvalue weighted by atomic mass is 10.2. The second-order valence-electron chi connectivity index (χ2n) is 5.25. The molecule has 2 heterocycles. The average molecular weight is 284 g/mol. The Balaban J connectivity index is 1.88. The molecule has 0 aliphatic rings. The second-order valence-corrected chi connectivity index (χ2v) is 5.25. The molecule has 0 unspecified atom stereocenters. The molecule has 0 saturated carbocycles. The van der Waals surface area contributed by atoms with E-state index in [1.165, 1.54) is 0 Å². The molecule has 2 aromatic heterocycles. The van der Waals surface area contributed by atoms with E-state index in [1.54, 1.807) is 18.5 Å². The van der Waals surface area contributed by atoms with E-state index < -0.39 is 0 Å². The SMILES string of the molecule is CC(C)CNC(=O)c1ccc(NCc2cccnc2)cn1. The van der Waals surface area contributed by atoms with Crippen LogP contribution in [0.4, 0.5) is 5.69 Å². The summed E-state index contributed by atoms with van der Waals surface area (Å²) in [6, 6.07) is 7.48. The van der Waals surface area contributed by atoms with Gasteiger partial charge in [0.1, 0.15) is 5.69 Å². The minimum Gasteiger partial charge on any atom is -0.380 e. The fourth-order valence-corrected chi connectivity index (χ4v) is 1.73. The molecule has 110 valence electrons. The highest BCUT2D eigenvalue weighted by Gasteiger charge is 2.07. The quantitative estimate of drug-likeness (QED) is 0.855. The van der Waals surface area contributed by atoms with E-state index in [1.807, 2.05) is 24.4 Å². The van der Waals surface area contributed by atoms with Gasteiger partial charge in [0.2, 0.25) is 0 Å². The molecular weight excluding hydrogens is 264 g/mol. The van der Waals surface area contributed by atoms with Gasteiger partial charge in [-0.1, -0.05) is 19.9 Å². The van der Waals surface area contributed by atoms with Gasteiger partial charge in [-0.15, -0.1) is 0 Å². The molecule has 0 aliphatic carbocycles. The Morgan fingerprint density at radius 1 is 1.24 bits per heavy atom. The number of nitrogens with zero attached hydrogens (tertiary/aromatic N) is 2. The molecule has 2 N–H and O–H groups in total. The lowest BCUT2D eigenvalue weighted by Crippen LogP contribution is -2.27. The molecule has 0 bridgehead atoms. The Morgan fingerprint density at radius 3 is 2.71 bits per heavy atom. The molecule has 1 amide bonds. The van der Waals surface area contributed by atoms with Crippen LogP contribution in [0.2, 0.25) is 0 Å². The van der Waals surface area contributed by atoms with Gasteiger partial charge in [0.25, 0.3) is 5.91 Å². The van der Waals surface area contributed by atoms with Crippen LogP contribution in [0.5, 0.6) is 0 Å². The summed E-state index contributed by atoms with van der Waals surface area (Å²) in [7, 11) is 0. The highest BCUT2D eigenvalue weighted by molar-refractivity contribution is 5.92. The van der Waals surface area contributed by atoms with Crippen molar-refractivity contribution in [1.29, 1.82) is 0 Å². The summed E-state index contributed by atoms with van der Waals surface area (Å²) in [5.74, 6) is 0.289. The fraction of sp³-hybridized carbons (Fsp3) is 0.312. The van der Waals surface area contributed by atoms with Crippen LogP contribution in [0, 0.1) is 5.92 Å². The molecular formula is C16H20N4O. The van der Waals surface area contributed by atoms with Crippen LogP contribution in [0.3, 0.4) is 0 Å². The maximum atomic E-state index is 11.8. The van der Waals surface area contributed by atoms with Crippen LogP contribution >= 0.6 is 0 Å². The Morgan fingerprint density at radius 2 is 2.10 bits per heavy atom. The van der Waals surface area contributed by atoms with Crippen molar-refractivity contribution in [1.82, 2.24) is 15.3 Å². The molecule has 0 spiro atoms. The molecule has 5 heteroatoms. The molecule has 0 atom stereocenters. The van der Waals surface area contributed by atoms with E-state index in [0.29, 0.717) is 24.7 Å². The van der Waals surface area contributed by atoms with E-state index >= 15 is 0 Å².